The van der Waals surface area contributed by atoms with Crippen LogP contribution in [0.3, 0.4) is 0 Å². The van der Waals surface area contributed by atoms with E-state index in [4.69, 9.17) is 4.74 Å². The number of nitrogens with zero attached hydrogens (tertiary/aromatic N) is 2. The first kappa shape index (κ1) is 13.3. The van der Waals surface area contributed by atoms with Gasteiger partial charge in [-0.25, -0.2) is 4.98 Å². The molecule has 4 aromatic rings. The van der Waals surface area contributed by atoms with Crippen LogP contribution < -0.4 is 4.74 Å². The van der Waals surface area contributed by atoms with E-state index >= 15 is 0 Å². The number of fused-ring (bicyclic) bond motifs is 3. The molecule has 0 bridgehead atoms. The standard InChI is InChI=1S/C18H13BrN2O/c1-22-13-6-7-15-14-4-2-3-5-16(14)21(17(15)11-13)18-10-12(19)8-9-20-18/h2-11H,1H3. The first-order chi connectivity index (χ1) is 10.8. The summed E-state index contributed by atoms with van der Waals surface area (Å²) in [4.78, 5) is 4.53. The summed E-state index contributed by atoms with van der Waals surface area (Å²) in [5, 5.41) is 2.40. The topological polar surface area (TPSA) is 27.1 Å². The molecule has 0 unspecified atom stereocenters. The summed E-state index contributed by atoms with van der Waals surface area (Å²) in [6.45, 7) is 0. The zero-order valence-corrected chi connectivity index (χ0v) is 13.5. The molecule has 0 aliphatic heterocycles. The van der Waals surface area contributed by atoms with Crippen LogP contribution in [0.4, 0.5) is 0 Å². The minimum atomic E-state index is 0.839. The van der Waals surface area contributed by atoms with Crippen molar-refractivity contribution in [3.05, 3.63) is 65.3 Å². The predicted molar refractivity (Wildman–Crippen MR) is 92.8 cm³/mol. The third-order valence-electron chi connectivity index (χ3n) is 3.82. The van der Waals surface area contributed by atoms with Crippen LogP contribution in [-0.2, 0) is 0 Å². The molecule has 0 aliphatic rings. The highest BCUT2D eigenvalue weighted by atomic mass is 79.9. The van der Waals surface area contributed by atoms with Gasteiger partial charge in [0.1, 0.15) is 11.6 Å². The molecule has 4 heteroatoms. The van der Waals surface area contributed by atoms with Crippen molar-refractivity contribution >= 4 is 37.7 Å². The molecule has 108 valence electrons. The lowest BCUT2D eigenvalue weighted by molar-refractivity contribution is 0.415. The lowest BCUT2D eigenvalue weighted by Gasteiger charge is -2.07. The molecular weight excluding hydrogens is 340 g/mol. The molecule has 0 radical (unpaired) electrons. The van der Waals surface area contributed by atoms with E-state index in [1.807, 2.05) is 24.3 Å². The quantitative estimate of drug-likeness (QED) is 0.510. The number of rotatable bonds is 2. The van der Waals surface area contributed by atoms with E-state index in [1.54, 1.807) is 13.3 Å². The Kier molecular flexibility index (Phi) is 3.12. The number of para-hydroxylation sites is 1. The average Bonchev–Trinajstić information content (AvgIpc) is 2.88. The van der Waals surface area contributed by atoms with Crippen molar-refractivity contribution in [1.82, 2.24) is 9.55 Å². The largest absolute Gasteiger partial charge is 0.497 e. The van der Waals surface area contributed by atoms with Crippen LogP contribution in [0, 0.1) is 0 Å². The van der Waals surface area contributed by atoms with E-state index in [-0.39, 0.29) is 0 Å². The average molecular weight is 353 g/mol. The Bertz CT molecular complexity index is 991. The second kappa shape index (κ2) is 5.14. The summed E-state index contributed by atoms with van der Waals surface area (Å²) < 4.78 is 8.56. The molecule has 2 aromatic carbocycles. The Labute approximate surface area is 136 Å². The smallest absolute Gasteiger partial charge is 0.138 e. The van der Waals surface area contributed by atoms with Gasteiger partial charge in [-0.05, 0) is 30.3 Å². The molecule has 3 nitrogen and oxygen atoms in total. The van der Waals surface area contributed by atoms with Crippen molar-refractivity contribution in [3.8, 4) is 11.6 Å². The molecule has 0 spiro atoms. The normalized spacial score (nSPS) is 11.2. The zero-order valence-electron chi connectivity index (χ0n) is 12.0. The maximum atomic E-state index is 5.39. The van der Waals surface area contributed by atoms with Crippen LogP contribution in [-0.4, -0.2) is 16.7 Å². The first-order valence-electron chi connectivity index (χ1n) is 6.97. The molecule has 0 amide bonds. The minimum Gasteiger partial charge on any atom is -0.497 e. The van der Waals surface area contributed by atoms with Crippen molar-refractivity contribution < 1.29 is 4.74 Å². The molecule has 0 N–H and O–H groups in total. The van der Waals surface area contributed by atoms with E-state index in [0.29, 0.717) is 0 Å². The van der Waals surface area contributed by atoms with Gasteiger partial charge in [-0.3, -0.25) is 4.57 Å². The van der Waals surface area contributed by atoms with Crippen LogP contribution in [0.5, 0.6) is 5.75 Å². The number of pyridine rings is 1. The second-order valence-electron chi connectivity index (χ2n) is 5.07. The highest BCUT2D eigenvalue weighted by Gasteiger charge is 2.13. The monoisotopic (exact) mass is 352 g/mol. The molecule has 0 saturated carbocycles. The highest BCUT2D eigenvalue weighted by molar-refractivity contribution is 9.10. The van der Waals surface area contributed by atoms with Crippen LogP contribution in [0.2, 0.25) is 0 Å². The number of ether oxygens (including phenoxy) is 1. The third-order valence-corrected chi connectivity index (χ3v) is 4.31. The Morgan fingerprint density at radius 3 is 2.59 bits per heavy atom. The van der Waals surface area contributed by atoms with Gasteiger partial charge in [0.15, 0.2) is 0 Å². The summed E-state index contributed by atoms with van der Waals surface area (Å²) >= 11 is 3.53. The molecule has 22 heavy (non-hydrogen) atoms. The third kappa shape index (κ3) is 1.99. The van der Waals surface area contributed by atoms with Gasteiger partial charge in [0, 0.05) is 27.5 Å². The number of hydrogen-bond acceptors (Lipinski definition) is 2. The number of methoxy groups -OCH3 is 1. The van der Waals surface area contributed by atoms with Crippen molar-refractivity contribution in [2.45, 2.75) is 0 Å². The van der Waals surface area contributed by atoms with Crippen molar-refractivity contribution in [2.24, 2.45) is 0 Å². The van der Waals surface area contributed by atoms with Gasteiger partial charge in [0.2, 0.25) is 0 Å². The fraction of sp³-hybridized carbons (Fsp3) is 0.0556. The van der Waals surface area contributed by atoms with Crippen LogP contribution in [0.15, 0.2) is 65.3 Å². The van der Waals surface area contributed by atoms with Gasteiger partial charge in [-0.1, -0.05) is 34.1 Å². The van der Waals surface area contributed by atoms with Gasteiger partial charge >= 0.3 is 0 Å². The Morgan fingerprint density at radius 2 is 1.77 bits per heavy atom. The summed E-state index contributed by atoms with van der Waals surface area (Å²) in [5.41, 5.74) is 2.22. The Balaban J connectivity index is 2.17. The number of halogens is 1. The second-order valence-corrected chi connectivity index (χ2v) is 5.98. The molecule has 4 rings (SSSR count). The molecule has 0 saturated heterocycles. The Morgan fingerprint density at radius 1 is 0.955 bits per heavy atom. The molecule has 0 fully saturated rings. The van der Waals surface area contributed by atoms with Crippen molar-refractivity contribution in [2.75, 3.05) is 7.11 Å². The number of benzene rings is 2. The van der Waals surface area contributed by atoms with E-state index in [1.165, 1.54) is 10.8 Å². The molecule has 0 atom stereocenters. The summed E-state index contributed by atoms with van der Waals surface area (Å²) in [5.74, 6) is 1.72. The molecule has 0 aliphatic carbocycles. The fourth-order valence-electron chi connectivity index (χ4n) is 2.84. The van der Waals surface area contributed by atoms with Gasteiger partial charge < -0.3 is 4.74 Å². The summed E-state index contributed by atoms with van der Waals surface area (Å²) in [7, 11) is 1.69. The molecular formula is C18H13BrN2O. The number of hydrogen-bond donors (Lipinski definition) is 0. The minimum absolute atomic E-state index is 0.839. The van der Waals surface area contributed by atoms with Crippen molar-refractivity contribution in [1.29, 1.82) is 0 Å². The van der Waals surface area contributed by atoms with E-state index in [2.05, 4.69) is 55.8 Å². The first-order valence-corrected chi connectivity index (χ1v) is 7.76. The summed E-state index contributed by atoms with van der Waals surface area (Å²) in [6, 6.07) is 18.5. The molecule has 2 aromatic heterocycles. The Hall–Kier alpha value is -2.33. The lowest BCUT2D eigenvalue weighted by Crippen LogP contribution is -1.97. The van der Waals surface area contributed by atoms with Gasteiger partial charge in [-0.15, -0.1) is 0 Å². The summed E-state index contributed by atoms with van der Waals surface area (Å²) in [6.07, 6.45) is 1.81. The number of aromatic nitrogens is 2. The fourth-order valence-corrected chi connectivity index (χ4v) is 3.16. The van der Waals surface area contributed by atoms with Crippen LogP contribution in [0.1, 0.15) is 0 Å². The highest BCUT2D eigenvalue weighted by Crippen LogP contribution is 2.33. The maximum absolute atomic E-state index is 5.39. The van der Waals surface area contributed by atoms with Crippen LogP contribution in [0.25, 0.3) is 27.6 Å². The molecule has 2 heterocycles. The lowest BCUT2D eigenvalue weighted by atomic mass is 10.1. The SMILES string of the molecule is COc1ccc2c3ccccc3n(-c3cc(Br)ccn3)c2c1. The van der Waals surface area contributed by atoms with Gasteiger partial charge in [0.05, 0.1) is 18.1 Å². The van der Waals surface area contributed by atoms with Crippen LogP contribution >= 0.6 is 15.9 Å². The van der Waals surface area contributed by atoms with E-state index in [9.17, 15) is 0 Å². The predicted octanol–water partition coefficient (Wildman–Crippen LogP) is 4.95. The zero-order chi connectivity index (χ0) is 15.1. The maximum Gasteiger partial charge on any atom is 0.138 e. The van der Waals surface area contributed by atoms with Gasteiger partial charge in [-0.2, -0.15) is 0 Å². The van der Waals surface area contributed by atoms with Gasteiger partial charge in [0.25, 0.3) is 0 Å². The van der Waals surface area contributed by atoms with E-state index in [0.717, 1.165) is 27.1 Å². The van der Waals surface area contributed by atoms with E-state index < -0.39 is 0 Å². The van der Waals surface area contributed by atoms with Crippen molar-refractivity contribution in [3.63, 3.8) is 0 Å².